The molecule has 1 rings (SSSR count). The second kappa shape index (κ2) is 4.79. The van der Waals surface area contributed by atoms with E-state index in [1.54, 1.807) is 0 Å². The van der Waals surface area contributed by atoms with E-state index in [0.717, 1.165) is 11.3 Å². The summed E-state index contributed by atoms with van der Waals surface area (Å²) < 4.78 is 5.84. The molecule has 0 aliphatic rings. The average molecular weight is 224 g/mol. The van der Waals surface area contributed by atoms with Gasteiger partial charge in [0.1, 0.15) is 5.75 Å². The molecule has 0 fully saturated rings. The van der Waals surface area contributed by atoms with Crippen LogP contribution in [0.4, 0.5) is 0 Å². The zero-order valence-corrected chi connectivity index (χ0v) is 10.7. The van der Waals surface area contributed by atoms with E-state index in [1.807, 2.05) is 24.3 Å². The van der Waals surface area contributed by atoms with Crippen molar-refractivity contribution in [1.29, 1.82) is 0 Å². The lowest BCUT2D eigenvalue weighted by molar-refractivity contribution is 0.557. The Kier molecular flexibility index (Phi) is 3.90. The molecule has 1 aromatic carbocycles. The van der Waals surface area contributed by atoms with Gasteiger partial charge in [0.2, 0.25) is 8.32 Å². The smallest absolute Gasteiger partial charge is 0.242 e. The van der Waals surface area contributed by atoms with E-state index >= 15 is 0 Å². The van der Waals surface area contributed by atoms with Gasteiger partial charge >= 0.3 is 0 Å². The highest BCUT2D eigenvalue weighted by atomic mass is 28.4. The number of hydrogen-bond acceptors (Lipinski definition) is 3. The summed E-state index contributed by atoms with van der Waals surface area (Å²) in [5.74, 6) is 0.919. The van der Waals surface area contributed by atoms with Crippen LogP contribution in [0.2, 0.25) is 19.6 Å². The zero-order valence-electron chi connectivity index (χ0n) is 9.66. The molecular weight excluding hydrogens is 204 g/mol. The first kappa shape index (κ1) is 12.2. The molecule has 0 amide bonds. The van der Waals surface area contributed by atoms with Gasteiger partial charge in [0.15, 0.2) is 0 Å². The lowest BCUT2D eigenvalue weighted by atomic mass is 10.1. The molecule has 0 spiro atoms. The summed E-state index contributed by atoms with van der Waals surface area (Å²) >= 11 is 0. The van der Waals surface area contributed by atoms with Crippen LogP contribution >= 0.6 is 0 Å². The van der Waals surface area contributed by atoms with Crippen LogP contribution in [-0.4, -0.2) is 14.9 Å². The third-order valence-corrected chi connectivity index (χ3v) is 2.83. The van der Waals surface area contributed by atoms with Gasteiger partial charge in [0, 0.05) is 12.6 Å². The monoisotopic (exact) mass is 224 g/mol. The minimum Gasteiger partial charge on any atom is -0.544 e. The molecule has 3 nitrogen and oxygen atoms in total. The second-order valence-electron chi connectivity index (χ2n) is 4.63. The van der Waals surface area contributed by atoms with Crippen LogP contribution in [0.5, 0.6) is 5.75 Å². The molecule has 0 bridgehead atoms. The minimum absolute atomic E-state index is 0.0778. The maximum absolute atomic E-state index is 5.84. The first-order chi connectivity index (χ1) is 6.92. The molecule has 4 N–H and O–H groups in total. The first-order valence-corrected chi connectivity index (χ1v) is 8.58. The highest BCUT2D eigenvalue weighted by Gasteiger charge is 2.16. The lowest BCUT2D eigenvalue weighted by Crippen LogP contribution is -2.29. The molecule has 0 saturated carbocycles. The SMILES string of the molecule is C[Si](C)(C)Oc1ccc([C@@H](N)CN)cc1. The summed E-state index contributed by atoms with van der Waals surface area (Å²) in [5, 5.41) is 0. The fraction of sp³-hybridized carbons (Fsp3) is 0.455. The lowest BCUT2D eigenvalue weighted by Gasteiger charge is -2.19. The van der Waals surface area contributed by atoms with Crippen molar-refractivity contribution in [2.45, 2.75) is 25.7 Å². The van der Waals surface area contributed by atoms with Crippen molar-refractivity contribution in [2.24, 2.45) is 11.5 Å². The van der Waals surface area contributed by atoms with E-state index in [1.165, 1.54) is 0 Å². The van der Waals surface area contributed by atoms with Gasteiger partial charge in [0.05, 0.1) is 0 Å². The number of hydrogen-bond donors (Lipinski definition) is 2. The molecule has 0 aliphatic carbocycles. The maximum atomic E-state index is 5.84. The molecule has 0 unspecified atom stereocenters. The van der Waals surface area contributed by atoms with E-state index in [-0.39, 0.29) is 6.04 Å². The largest absolute Gasteiger partial charge is 0.544 e. The van der Waals surface area contributed by atoms with Gasteiger partial charge in [-0.25, -0.2) is 0 Å². The molecule has 1 atom stereocenters. The molecule has 0 radical (unpaired) electrons. The molecule has 15 heavy (non-hydrogen) atoms. The number of benzene rings is 1. The third-order valence-electron chi connectivity index (χ3n) is 1.99. The summed E-state index contributed by atoms with van der Waals surface area (Å²) in [7, 11) is -1.51. The van der Waals surface area contributed by atoms with Crippen molar-refractivity contribution in [1.82, 2.24) is 0 Å². The average Bonchev–Trinajstić information content (AvgIpc) is 2.15. The number of rotatable bonds is 4. The van der Waals surface area contributed by atoms with Crippen LogP contribution in [0.3, 0.4) is 0 Å². The Bertz CT molecular complexity index is 305. The molecule has 0 saturated heterocycles. The van der Waals surface area contributed by atoms with E-state index in [9.17, 15) is 0 Å². The predicted molar refractivity (Wildman–Crippen MR) is 66.4 cm³/mol. The molecule has 0 heterocycles. The summed E-state index contributed by atoms with van der Waals surface area (Å²) in [6.07, 6.45) is 0. The Balaban J connectivity index is 2.72. The number of nitrogens with two attached hydrogens (primary N) is 2. The van der Waals surface area contributed by atoms with Crippen LogP contribution in [0, 0.1) is 0 Å². The van der Waals surface area contributed by atoms with E-state index in [2.05, 4.69) is 19.6 Å². The van der Waals surface area contributed by atoms with Crippen molar-refractivity contribution < 1.29 is 4.43 Å². The van der Waals surface area contributed by atoms with Crippen LogP contribution in [0.1, 0.15) is 11.6 Å². The Labute approximate surface area is 92.6 Å². The predicted octanol–water partition coefficient (Wildman–Crippen LogP) is 1.86. The molecule has 84 valence electrons. The van der Waals surface area contributed by atoms with E-state index in [4.69, 9.17) is 15.9 Å². The molecule has 0 aromatic heterocycles. The second-order valence-corrected chi connectivity index (χ2v) is 9.05. The maximum Gasteiger partial charge on any atom is 0.242 e. The van der Waals surface area contributed by atoms with Gasteiger partial charge in [-0.15, -0.1) is 0 Å². The summed E-state index contributed by atoms with van der Waals surface area (Å²) in [4.78, 5) is 0. The minimum atomic E-state index is -1.51. The fourth-order valence-corrected chi connectivity index (χ4v) is 2.12. The topological polar surface area (TPSA) is 61.3 Å². The Hall–Kier alpha value is -0.843. The quantitative estimate of drug-likeness (QED) is 0.767. The summed E-state index contributed by atoms with van der Waals surface area (Å²) in [6.45, 7) is 6.94. The van der Waals surface area contributed by atoms with Gasteiger partial charge in [-0.2, -0.15) is 0 Å². The Morgan fingerprint density at radius 2 is 1.73 bits per heavy atom. The van der Waals surface area contributed by atoms with Gasteiger partial charge in [-0.1, -0.05) is 12.1 Å². The standard InChI is InChI=1S/C11H20N2OSi/c1-15(2,3)14-10-6-4-9(5-7-10)11(13)8-12/h4-7,11H,8,12-13H2,1-3H3/t11-/m0/s1. The van der Waals surface area contributed by atoms with E-state index in [0.29, 0.717) is 6.54 Å². The van der Waals surface area contributed by atoms with Crippen molar-refractivity contribution in [3.8, 4) is 5.75 Å². The van der Waals surface area contributed by atoms with Crippen LogP contribution in [0.25, 0.3) is 0 Å². The van der Waals surface area contributed by atoms with Crippen molar-refractivity contribution in [3.63, 3.8) is 0 Å². The van der Waals surface area contributed by atoms with Gasteiger partial charge < -0.3 is 15.9 Å². The van der Waals surface area contributed by atoms with Crippen molar-refractivity contribution in [2.75, 3.05) is 6.54 Å². The fourth-order valence-electron chi connectivity index (χ4n) is 1.27. The Morgan fingerprint density at radius 1 is 1.20 bits per heavy atom. The summed E-state index contributed by atoms with van der Waals surface area (Å²) in [5.41, 5.74) is 12.4. The van der Waals surface area contributed by atoms with Gasteiger partial charge in [-0.05, 0) is 37.3 Å². The third kappa shape index (κ3) is 4.03. The van der Waals surface area contributed by atoms with Crippen LogP contribution in [0.15, 0.2) is 24.3 Å². The molecule has 1 aromatic rings. The van der Waals surface area contributed by atoms with Crippen molar-refractivity contribution >= 4 is 8.32 Å². The highest BCUT2D eigenvalue weighted by Crippen LogP contribution is 2.18. The van der Waals surface area contributed by atoms with E-state index < -0.39 is 8.32 Å². The van der Waals surface area contributed by atoms with Crippen LogP contribution < -0.4 is 15.9 Å². The first-order valence-electron chi connectivity index (χ1n) is 5.17. The summed E-state index contributed by atoms with van der Waals surface area (Å²) in [6, 6.07) is 7.80. The molecule has 4 heteroatoms. The Morgan fingerprint density at radius 3 is 2.13 bits per heavy atom. The van der Waals surface area contributed by atoms with Gasteiger partial charge in [0.25, 0.3) is 0 Å². The normalized spacial score (nSPS) is 13.7. The van der Waals surface area contributed by atoms with Crippen molar-refractivity contribution in [3.05, 3.63) is 29.8 Å². The molecule has 0 aliphatic heterocycles. The zero-order chi connectivity index (χ0) is 11.5. The van der Waals surface area contributed by atoms with Gasteiger partial charge in [-0.3, -0.25) is 0 Å². The highest BCUT2D eigenvalue weighted by molar-refractivity contribution is 6.70. The van der Waals surface area contributed by atoms with Crippen LogP contribution in [-0.2, 0) is 0 Å². The molecular formula is C11H20N2OSi.